The predicted molar refractivity (Wildman–Crippen MR) is 87.6 cm³/mol. The molecule has 1 aromatic rings. The van der Waals surface area contributed by atoms with Gasteiger partial charge in [-0.1, -0.05) is 27.7 Å². The summed E-state index contributed by atoms with van der Waals surface area (Å²) < 4.78 is 5.34. The molecule has 1 aromatic heterocycles. The zero-order valence-electron chi connectivity index (χ0n) is 14.6. The molecule has 1 rings (SSSR count). The zero-order valence-corrected chi connectivity index (χ0v) is 14.6. The highest BCUT2D eigenvalue weighted by atomic mass is 16.3. The molecule has 22 heavy (non-hydrogen) atoms. The molecule has 0 radical (unpaired) electrons. The Morgan fingerprint density at radius 3 is 2.64 bits per heavy atom. The van der Waals surface area contributed by atoms with Crippen LogP contribution in [0.5, 0.6) is 0 Å². The van der Waals surface area contributed by atoms with E-state index in [1.54, 1.807) is 0 Å². The van der Waals surface area contributed by atoms with Crippen LogP contribution in [0.3, 0.4) is 0 Å². The van der Waals surface area contributed by atoms with Gasteiger partial charge in [0.05, 0.1) is 6.04 Å². The van der Waals surface area contributed by atoms with Crippen LogP contribution in [0.2, 0.25) is 0 Å². The van der Waals surface area contributed by atoms with Gasteiger partial charge in [-0.25, -0.2) is 4.98 Å². The molecule has 0 aliphatic rings. The molecule has 1 amide bonds. The van der Waals surface area contributed by atoms with Crippen molar-refractivity contribution in [3.05, 3.63) is 17.8 Å². The predicted octanol–water partition coefficient (Wildman–Crippen LogP) is 2.04. The second kappa shape index (κ2) is 7.74. The number of nitrogens with two attached hydrogens (primary N) is 1. The molecule has 1 unspecified atom stereocenters. The first-order valence-corrected chi connectivity index (χ1v) is 7.74. The Bertz CT molecular complexity index is 480. The minimum Gasteiger partial charge on any atom is -0.446 e. The van der Waals surface area contributed by atoms with E-state index in [1.807, 2.05) is 14.1 Å². The number of oxazole rings is 1. The standard InChI is InChI=1S/C16H30N4O2/c1-11(2)7-12(17)15-19-13(8-22-15)14(21)18-9-16(3,4)10-20(5)6/h8,11-12H,7,9-10,17H2,1-6H3,(H,18,21). The molecule has 0 spiro atoms. The second-order valence-electron chi connectivity index (χ2n) is 7.39. The number of nitrogens with zero attached hydrogens (tertiary/aromatic N) is 2. The molecule has 0 aliphatic carbocycles. The van der Waals surface area contributed by atoms with Gasteiger partial charge in [-0.15, -0.1) is 0 Å². The zero-order chi connectivity index (χ0) is 16.9. The molecule has 1 atom stereocenters. The van der Waals surface area contributed by atoms with E-state index in [0.29, 0.717) is 18.4 Å². The highest BCUT2D eigenvalue weighted by Crippen LogP contribution is 2.18. The summed E-state index contributed by atoms with van der Waals surface area (Å²) in [7, 11) is 4.03. The first kappa shape index (κ1) is 18.6. The number of carbonyl (C=O) groups is 1. The highest BCUT2D eigenvalue weighted by Gasteiger charge is 2.22. The Balaban J connectivity index is 2.58. The second-order valence-corrected chi connectivity index (χ2v) is 7.39. The van der Waals surface area contributed by atoms with Crippen LogP contribution in [0, 0.1) is 11.3 Å². The summed E-state index contributed by atoms with van der Waals surface area (Å²) in [5.74, 6) is 0.649. The fourth-order valence-corrected chi connectivity index (χ4v) is 2.49. The molecule has 1 heterocycles. The van der Waals surface area contributed by atoms with E-state index in [-0.39, 0.29) is 23.1 Å². The average Bonchev–Trinajstić information content (AvgIpc) is 2.83. The Hall–Kier alpha value is -1.40. The van der Waals surface area contributed by atoms with Crippen LogP contribution in [0.25, 0.3) is 0 Å². The summed E-state index contributed by atoms with van der Waals surface area (Å²) in [5, 5.41) is 2.91. The largest absolute Gasteiger partial charge is 0.446 e. The van der Waals surface area contributed by atoms with Gasteiger partial charge < -0.3 is 20.4 Å². The van der Waals surface area contributed by atoms with Crippen molar-refractivity contribution in [1.29, 1.82) is 0 Å². The Labute approximate surface area is 133 Å². The van der Waals surface area contributed by atoms with Gasteiger partial charge in [0.15, 0.2) is 5.69 Å². The molecule has 0 bridgehead atoms. The molecule has 0 aliphatic heterocycles. The number of rotatable bonds is 8. The molecule has 0 saturated heterocycles. The van der Waals surface area contributed by atoms with Gasteiger partial charge in [-0.2, -0.15) is 0 Å². The minimum absolute atomic E-state index is 0.0141. The molecule has 0 fully saturated rings. The summed E-state index contributed by atoms with van der Waals surface area (Å²) in [4.78, 5) is 18.5. The lowest BCUT2D eigenvalue weighted by Crippen LogP contribution is -2.40. The Morgan fingerprint density at radius 2 is 2.09 bits per heavy atom. The Morgan fingerprint density at radius 1 is 1.45 bits per heavy atom. The lowest BCUT2D eigenvalue weighted by Gasteiger charge is -2.28. The van der Waals surface area contributed by atoms with Crippen LogP contribution in [0.15, 0.2) is 10.7 Å². The third-order valence-corrected chi connectivity index (χ3v) is 3.27. The van der Waals surface area contributed by atoms with Crippen LogP contribution in [0.1, 0.15) is 56.5 Å². The molecule has 0 aromatic carbocycles. The monoisotopic (exact) mass is 310 g/mol. The number of hydrogen-bond acceptors (Lipinski definition) is 5. The van der Waals surface area contributed by atoms with Crippen molar-refractivity contribution in [2.45, 2.75) is 40.2 Å². The third-order valence-electron chi connectivity index (χ3n) is 3.27. The van der Waals surface area contributed by atoms with Crippen LogP contribution >= 0.6 is 0 Å². The lowest BCUT2D eigenvalue weighted by atomic mass is 9.93. The average molecular weight is 310 g/mol. The molecule has 126 valence electrons. The summed E-state index contributed by atoms with van der Waals surface area (Å²) in [6.45, 7) is 9.85. The molecular weight excluding hydrogens is 280 g/mol. The van der Waals surface area contributed by atoms with E-state index < -0.39 is 0 Å². The number of hydrogen-bond donors (Lipinski definition) is 2. The van der Waals surface area contributed by atoms with E-state index in [1.165, 1.54) is 6.26 Å². The molecule has 3 N–H and O–H groups in total. The van der Waals surface area contributed by atoms with E-state index in [4.69, 9.17) is 10.2 Å². The van der Waals surface area contributed by atoms with Crippen LogP contribution in [-0.4, -0.2) is 43.0 Å². The van der Waals surface area contributed by atoms with Crippen molar-refractivity contribution in [1.82, 2.24) is 15.2 Å². The van der Waals surface area contributed by atoms with Crippen LogP contribution in [0.4, 0.5) is 0 Å². The van der Waals surface area contributed by atoms with Crippen molar-refractivity contribution >= 4 is 5.91 Å². The van der Waals surface area contributed by atoms with Crippen molar-refractivity contribution in [3.63, 3.8) is 0 Å². The van der Waals surface area contributed by atoms with Gasteiger partial charge in [0.2, 0.25) is 5.89 Å². The maximum Gasteiger partial charge on any atom is 0.273 e. The van der Waals surface area contributed by atoms with Crippen molar-refractivity contribution in [3.8, 4) is 0 Å². The first-order chi connectivity index (χ1) is 10.1. The van der Waals surface area contributed by atoms with Crippen LogP contribution in [-0.2, 0) is 0 Å². The summed E-state index contributed by atoms with van der Waals surface area (Å²) >= 11 is 0. The fourth-order valence-electron chi connectivity index (χ4n) is 2.49. The van der Waals surface area contributed by atoms with Gasteiger partial charge in [-0.3, -0.25) is 4.79 Å². The highest BCUT2D eigenvalue weighted by molar-refractivity contribution is 5.91. The van der Waals surface area contributed by atoms with Gasteiger partial charge in [0, 0.05) is 13.1 Å². The van der Waals surface area contributed by atoms with Gasteiger partial charge in [0.25, 0.3) is 5.91 Å². The summed E-state index contributed by atoms with van der Waals surface area (Å²) in [6.07, 6.45) is 2.15. The Kier molecular flexibility index (Phi) is 6.56. The number of amides is 1. The van der Waals surface area contributed by atoms with E-state index >= 15 is 0 Å². The summed E-state index contributed by atoms with van der Waals surface area (Å²) in [5.41, 5.74) is 6.29. The smallest absolute Gasteiger partial charge is 0.273 e. The van der Waals surface area contributed by atoms with E-state index in [2.05, 4.69) is 42.9 Å². The molecule has 6 heteroatoms. The quantitative estimate of drug-likeness (QED) is 0.767. The van der Waals surface area contributed by atoms with Crippen molar-refractivity contribution < 1.29 is 9.21 Å². The van der Waals surface area contributed by atoms with Gasteiger partial charge >= 0.3 is 0 Å². The fraction of sp³-hybridized carbons (Fsp3) is 0.750. The van der Waals surface area contributed by atoms with Crippen molar-refractivity contribution in [2.24, 2.45) is 17.1 Å². The van der Waals surface area contributed by atoms with E-state index in [9.17, 15) is 4.79 Å². The summed E-state index contributed by atoms with van der Waals surface area (Å²) in [6, 6.07) is -0.272. The van der Waals surface area contributed by atoms with Crippen molar-refractivity contribution in [2.75, 3.05) is 27.2 Å². The maximum absolute atomic E-state index is 12.1. The van der Waals surface area contributed by atoms with Gasteiger partial charge in [0.1, 0.15) is 6.26 Å². The van der Waals surface area contributed by atoms with Gasteiger partial charge in [-0.05, 0) is 31.8 Å². The van der Waals surface area contributed by atoms with Crippen LogP contribution < -0.4 is 11.1 Å². The SMILES string of the molecule is CC(C)CC(N)c1nc(C(=O)NCC(C)(C)CN(C)C)co1. The number of carbonyl (C=O) groups excluding carboxylic acids is 1. The third kappa shape index (κ3) is 6.15. The number of aromatic nitrogens is 1. The first-order valence-electron chi connectivity index (χ1n) is 7.74. The molecule has 6 nitrogen and oxygen atoms in total. The lowest BCUT2D eigenvalue weighted by molar-refractivity contribution is 0.0924. The van der Waals surface area contributed by atoms with E-state index in [0.717, 1.165) is 13.0 Å². The number of nitrogens with one attached hydrogen (secondary N) is 1. The molecular formula is C16H30N4O2. The molecule has 0 saturated carbocycles. The minimum atomic E-state index is -0.272. The maximum atomic E-state index is 12.1. The topological polar surface area (TPSA) is 84.4 Å². The normalized spacial score (nSPS) is 13.7.